The molecular weight excluding hydrogens is 222 g/mol. The van der Waals surface area contributed by atoms with Crippen molar-refractivity contribution in [2.45, 2.75) is 6.67 Å². The van der Waals surface area contributed by atoms with Crippen molar-refractivity contribution < 1.29 is 13.6 Å². The van der Waals surface area contributed by atoms with Crippen molar-refractivity contribution in [3.05, 3.63) is 71.0 Å². The normalized spacial score (nSPS) is 10.2. The number of alkyl halides is 1. The SMILES string of the molecule is O=C(c1ccc(F)cc1)c1ccc(CF)cc1. The lowest BCUT2D eigenvalue weighted by Gasteiger charge is -2.02. The molecule has 2 rings (SSSR count). The smallest absolute Gasteiger partial charge is 0.193 e. The number of rotatable bonds is 3. The van der Waals surface area contributed by atoms with Gasteiger partial charge < -0.3 is 0 Å². The topological polar surface area (TPSA) is 17.1 Å². The molecule has 0 bridgehead atoms. The standard InChI is InChI=1S/C14H10F2O/c15-9-10-1-3-11(4-2-10)14(17)12-5-7-13(16)8-6-12/h1-8H,9H2. The van der Waals surface area contributed by atoms with Crippen molar-refractivity contribution in [2.24, 2.45) is 0 Å². The van der Waals surface area contributed by atoms with E-state index in [9.17, 15) is 13.6 Å². The summed E-state index contributed by atoms with van der Waals surface area (Å²) in [7, 11) is 0. The fraction of sp³-hybridized carbons (Fsp3) is 0.0714. The molecule has 0 amide bonds. The van der Waals surface area contributed by atoms with Crippen LogP contribution in [0.25, 0.3) is 0 Å². The molecule has 0 radical (unpaired) electrons. The van der Waals surface area contributed by atoms with Gasteiger partial charge in [0.1, 0.15) is 12.5 Å². The molecule has 0 saturated heterocycles. The van der Waals surface area contributed by atoms with Crippen LogP contribution in [-0.4, -0.2) is 5.78 Å². The molecule has 0 aliphatic carbocycles. The summed E-state index contributed by atoms with van der Waals surface area (Å²) in [6.07, 6.45) is 0. The Bertz CT molecular complexity index is 515. The van der Waals surface area contributed by atoms with Gasteiger partial charge in [-0.15, -0.1) is 0 Å². The average Bonchev–Trinajstić information content (AvgIpc) is 2.39. The summed E-state index contributed by atoms with van der Waals surface area (Å²) in [5.74, 6) is -0.579. The molecule has 0 aromatic heterocycles. The summed E-state index contributed by atoms with van der Waals surface area (Å²) < 4.78 is 25.0. The van der Waals surface area contributed by atoms with Gasteiger partial charge in [0.25, 0.3) is 0 Å². The van der Waals surface area contributed by atoms with Crippen LogP contribution in [0.1, 0.15) is 21.5 Å². The Balaban J connectivity index is 2.27. The number of hydrogen-bond donors (Lipinski definition) is 0. The predicted octanol–water partition coefficient (Wildman–Crippen LogP) is 3.53. The van der Waals surface area contributed by atoms with Gasteiger partial charge in [0, 0.05) is 11.1 Å². The summed E-state index contributed by atoms with van der Waals surface area (Å²) in [5.41, 5.74) is 1.41. The van der Waals surface area contributed by atoms with E-state index < -0.39 is 6.67 Å². The van der Waals surface area contributed by atoms with Gasteiger partial charge in [0.15, 0.2) is 5.78 Å². The quantitative estimate of drug-likeness (QED) is 0.740. The lowest BCUT2D eigenvalue weighted by molar-refractivity contribution is 0.103. The summed E-state index contributed by atoms with van der Waals surface area (Å²) in [5, 5.41) is 0. The zero-order valence-electron chi connectivity index (χ0n) is 8.99. The Kier molecular flexibility index (Phi) is 3.28. The number of carbonyl (C=O) groups is 1. The molecular formula is C14H10F2O. The Morgan fingerprint density at radius 3 is 1.82 bits per heavy atom. The minimum atomic E-state index is -0.551. The maximum absolute atomic E-state index is 12.7. The van der Waals surface area contributed by atoms with E-state index in [4.69, 9.17) is 0 Å². The molecule has 2 aromatic carbocycles. The van der Waals surface area contributed by atoms with Crippen LogP contribution in [0.15, 0.2) is 48.5 Å². The molecule has 0 unspecified atom stereocenters. The Morgan fingerprint density at radius 2 is 1.35 bits per heavy atom. The second kappa shape index (κ2) is 4.87. The Hall–Kier alpha value is -2.03. The van der Waals surface area contributed by atoms with E-state index in [0.717, 1.165) is 0 Å². The van der Waals surface area contributed by atoms with E-state index >= 15 is 0 Å². The minimum Gasteiger partial charge on any atom is -0.289 e. The van der Waals surface area contributed by atoms with Gasteiger partial charge in [0.05, 0.1) is 0 Å². The third-order valence-corrected chi connectivity index (χ3v) is 2.48. The predicted molar refractivity (Wildman–Crippen MR) is 61.1 cm³/mol. The number of halogens is 2. The van der Waals surface area contributed by atoms with Gasteiger partial charge in [-0.3, -0.25) is 4.79 Å². The zero-order valence-corrected chi connectivity index (χ0v) is 8.99. The lowest BCUT2D eigenvalue weighted by Crippen LogP contribution is -2.01. The van der Waals surface area contributed by atoms with E-state index in [1.807, 2.05) is 0 Å². The van der Waals surface area contributed by atoms with Crippen molar-refractivity contribution in [3.63, 3.8) is 0 Å². The number of ketones is 1. The minimum absolute atomic E-state index is 0.199. The van der Waals surface area contributed by atoms with Crippen LogP contribution >= 0.6 is 0 Å². The van der Waals surface area contributed by atoms with E-state index in [0.29, 0.717) is 16.7 Å². The van der Waals surface area contributed by atoms with Crippen molar-refractivity contribution in [2.75, 3.05) is 0 Å². The first kappa shape index (κ1) is 11.5. The van der Waals surface area contributed by atoms with E-state index in [2.05, 4.69) is 0 Å². The van der Waals surface area contributed by atoms with Crippen molar-refractivity contribution in [1.82, 2.24) is 0 Å². The Labute approximate surface area is 97.7 Å². The van der Waals surface area contributed by atoms with E-state index in [-0.39, 0.29) is 11.6 Å². The highest BCUT2D eigenvalue weighted by molar-refractivity contribution is 6.08. The second-order valence-corrected chi connectivity index (χ2v) is 3.67. The largest absolute Gasteiger partial charge is 0.289 e. The number of benzene rings is 2. The molecule has 0 saturated carbocycles. The van der Waals surface area contributed by atoms with Gasteiger partial charge in [-0.2, -0.15) is 0 Å². The summed E-state index contributed by atoms with van der Waals surface area (Å²) in [6, 6.07) is 11.6. The molecule has 0 N–H and O–H groups in total. The highest BCUT2D eigenvalue weighted by atomic mass is 19.1. The molecule has 0 spiro atoms. The fourth-order valence-electron chi connectivity index (χ4n) is 1.51. The van der Waals surface area contributed by atoms with Gasteiger partial charge in [-0.25, -0.2) is 8.78 Å². The molecule has 0 aliphatic rings. The van der Waals surface area contributed by atoms with Gasteiger partial charge in [0.2, 0.25) is 0 Å². The summed E-state index contributed by atoms with van der Waals surface area (Å²) in [4.78, 5) is 11.9. The van der Waals surface area contributed by atoms with E-state index in [1.165, 1.54) is 24.3 Å². The molecule has 0 fully saturated rings. The molecule has 0 atom stereocenters. The first-order valence-electron chi connectivity index (χ1n) is 5.16. The van der Waals surface area contributed by atoms with Crippen LogP contribution in [0.3, 0.4) is 0 Å². The second-order valence-electron chi connectivity index (χ2n) is 3.67. The van der Waals surface area contributed by atoms with Crippen LogP contribution in [-0.2, 0) is 6.67 Å². The molecule has 3 heteroatoms. The van der Waals surface area contributed by atoms with Crippen LogP contribution in [0, 0.1) is 5.82 Å². The molecule has 86 valence electrons. The van der Waals surface area contributed by atoms with Gasteiger partial charge in [-0.1, -0.05) is 24.3 Å². The van der Waals surface area contributed by atoms with Crippen molar-refractivity contribution in [3.8, 4) is 0 Å². The molecule has 1 nitrogen and oxygen atoms in total. The first-order valence-corrected chi connectivity index (χ1v) is 5.16. The van der Waals surface area contributed by atoms with Gasteiger partial charge >= 0.3 is 0 Å². The third-order valence-electron chi connectivity index (χ3n) is 2.48. The molecule has 0 aliphatic heterocycles. The van der Waals surface area contributed by atoms with Crippen LogP contribution in [0.5, 0.6) is 0 Å². The van der Waals surface area contributed by atoms with Crippen LogP contribution in [0.2, 0.25) is 0 Å². The number of carbonyl (C=O) groups excluding carboxylic acids is 1. The van der Waals surface area contributed by atoms with E-state index in [1.54, 1.807) is 24.3 Å². The van der Waals surface area contributed by atoms with Gasteiger partial charge in [-0.05, 0) is 29.8 Å². The first-order chi connectivity index (χ1) is 8.20. The highest BCUT2D eigenvalue weighted by Crippen LogP contribution is 2.12. The van der Waals surface area contributed by atoms with Crippen LogP contribution < -0.4 is 0 Å². The molecule has 17 heavy (non-hydrogen) atoms. The van der Waals surface area contributed by atoms with Crippen LogP contribution in [0.4, 0.5) is 8.78 Å². The van der Waals surface area contributed by atoms with Crippen molar-refractivity contribution >= 4 is 5.78 Å². The molecule has 2 aromatic rings. The third kappa shape index (κ3) is 2.56. The monoisotopic (exact) mass is 232 g/mol. The summed E-state index contributed by atoms with van der Waals surface area (Å²) >= 11 is 0. The molecule has 0 heterocycles. The highest BCUT2D eigenvalue weighted by Gasteiger charge is 2.08. The maximum Gasteiger partial charge on any atom is 0.193 e. The maximum atomic E-state index is 12.7. The average molecular weight is 232 g/mol. The van der Waals surface area contributed by atoms with Crippen molar-refractivity contribution in [1.29, 1.82) is 0 Å². The number of hydrogen-bond acceptors (Lipinski definition) is 1. The zero-order chi connectivity index (χ0) is 12.3. The lowest BCUT2D eigenvalue weighted by atomic mass is 10.0. The Morgan fingerprint density at radius 1 is 0.882 bits per heavy atom. The summed E-state index contributed by atoms with van der Waals surface area (Å²) in [6.45, 7) is -0.551. The fourth-order valence-corrected chi connectivity index (χ4v) is 1.51.